The summed E-state index contributed by atoms with van der Waals surface area (Å²) in [7, 11) is 0. The van der Waals surface area contributed by atoms with Crippen LogP contribution in [0.15, 0.2) is 18.2 Å². The van der Waals surface area contributed by atoms with E-state index in [1.807, 2.05) is 0 Å². The lowest BCUT2D eigenvalue weighted by Gasteiger charge is -2.27. The monoisotopic (exact) mass is 329 g/mol. The van der Waals surface area contributed by atoms with Crippen LogP contribution >= 0.6 is 15.9 Å². The van der Waals surface area contributed by atoms with Gasteiger partial charge in [0.1, 0.15) is 11.6 Å². The molecule has 0 aromatic heterocycles. The molecule has 1 aliphatic carbocycles. The summed E-state index contributed by atoms with van der Waals surface area (Å²) in [5.41, 5.74) is -0.0121. The Morgan fingerprint density at radius 2 is 2.16 bits per heavy atom. The van der Waals surface area contributed by atoms with Crippen molar-refractivity contribution in [3.63, 3.8) is 0 Å². The van der Waals surface area contributed by atoms with Gasteiger partial charge in [-0.1, -0.05) is 28.8 Å². The Balaban J connectivity index is 1.95. The molecule has 0 aliphatic heterocycles. The van der Waals surface area contributed by atoms with Gasteiger partial charge in [-0.3, -0.25) is 4.79 Å². The van der Waals surface area contributed by atoms with Crippen LogP contribution in [-0.4, -0.2) is 22.4 Å². The number of phenolic OH excluding ortho intramolecular Hbond substituents is 1. The first-order valence-electron chi connectivity index (χ1n) is 6.48. The Morgan fingerprint density at radius 3 is 2.89 bits per heavy atom. The number of nitrogens with one attached hydrogen (secondary N) is 1. The third-order valence-electron chi connectivity index (χ3n) is 3.54. The number of rotatable bonds is 3. The van der Waals surface area contributed by atoms with E-state index in [9.17, 15) is 14.3 Å². The molecule has 19 heavy (non-hydrogen) atoms. The molecule has 2 unspecified atom stereocenters. The van der Waals surface area contributed by atoms with Crippen molar-refractivity contribution in [2.75, 3.05) is 6.54 Å². The SMILES string of the molecule is O=C(NCC1CCCCC1Br)c1cc(F)ccc1O. The first-order chi connectivity index (χ1) is 9.08. The van der Waals surface area contributed by atoms with Crippen molar-refractivity contribution in [3.8, 4) is 5.75 Å². The fourth-order valence-corrected chi connectivity index (χ4v) is 3.18. The van der Waals surface area contributed by atoms with Crippen LogP contribution in [0.5, 0.6) is 5.75 Å². The van der Waals surface area contributed by atoms with Crippen LogP contribution in [0.4, 0.5) is 4.39 Å². The minimum atomic E-state index is -0.529. The fourth-order valence-electron chi connectivity index (χ4n) is 2.40. The second-order valence-corrected chi connectivity index (χ2v) is 6.11. The molecule has 2 N–H and O–H groups in total. The molecular weight excluding hydrogens is 313 g/mol. The van der Waals surface area contributed by atoms with Crippen molar-refractivity contribution >= 4 is 21.8 Å². The van der Waals surface area contributed by atoms with Crippen LogP contribution < -0.4 is 5.32 Å². The van der Waals surface area contributed by atoms with Crippen molar-refractivity contribution in [1.82, 2.24) is 5.32 Å². The van der Waals surface area contributed by atoms with E-state index < -0.39 is 11.7 Å². The van der Waals surface area contributed by atoms with Gasteiger partial charge in [0.25, 0.3) is 5.91 Å². The molecule has 1 aromatic carbocycles. The van der Waals surface area contributed by atoms with E-state index in [0.717, 1.165) is 25.0 Å². The number of benzene rings is 1. The number of alkyl halides is 1. The summed E-state index contributed by atoms with van der Waals surface area (Å²) >= 11 is 3.63. The lowest BCUT2D eigenvalue weighted by Crippen LogP contribution is -2.34. The molecule has 1 aromatic rings. The quantitative estimate of drug-likeness (QED) is 0.836. The minimum absolute atomic E-state index is 0.0121. The fraction of sp³-hybridized carbons (Fsp3) is 0.500. The number of carbonyl (C=O) groups excluding carboxylic acids is 1. The van der Waals surface area contributed by atoms with Crippen LogP contribution in [0.3, 0.4) is 0 Å². The number of aromatic hydroxyl groups is 1. The molecule has 0 bridgehead atoms. The number of carbonyl (C=O) groups is 1. The molecule has 0 heterocycles. The number of hydrogen-bond acceptors (Lipinski definition) is 2. The third kappa shape index (κ3) is 3.69. The van der Waals surface area contributed by atoms with Crippen molar-refractivity contribution < 1.29 is 14.3 Å². The molecule has 1 amide bonds. The van der Waals surface area contributed by atoms with Crippen molar-refractivity contribution in [3.05, 3.63) is 29.6 Å². The average Bonchev–Trinajstić information content (AvgIpc) is 2.40. The molecule has 104 valence electrons. The topological polar surface area (TPSA) is 49.3 Å². The molecule has 0 saturated heterocycles. The van der Waals surface area contributed by atoms with E-state index in [1.54, 1.807) is 0 Å². The predicted octanol–water partition coefficient (Wildman–Crippen LogP) is 3.21. The van der Waals surface area contributed by atoms with Gasteiger partial charge in [0.15, 0.2) is 0 Å². The Kier molecular flexibility index (Phi) is 4.80. The Bertz CT molecular complexity index is 467. The van der Waals surface area contributed by atoms with Gasteiger partial charge in [-0.15, -0.1) is 0 Å². The van der Waals surface area contributed by atoms with Crippen molar-refractivity contribution in [2.45, 2.75) is 30.5 Å². The standard InChI is InChI=1S/C14H17BrFNO2/c15-12-4-2-1-3-9(12)8-17-14(19)11-7-10(16)5-6-13(11)18/h5-7,9,12,18H,1-4,8H2,(H,17,19). The number of phenols is 1. The van der Waals surface area contributed by atoms with Crippen LogP contribution in [-0.2, 0) is 0 Å². The maximum absolute atomic E-state index is 13.1. The summed E-state index contributed by atoms with van der Waals surface area (Å²) in [6, 6.07) is 3.37. The smallest absolute Gasteiger partial charge is 0.255 e. The molecule has 5 heteroatoms. The first kappa shape index (κ1) is 14.3. The van der Waals surface area contributed by atoms with Gasteiger partial charge in [0.2, 0.25) is 0 Å². The lowest BCUT2D eigenvalue weighted by atomic mass is 9.89. The zero-order chi connectivity index (χ0) is 13.8. The Hall–Kier alpha value is -1.10. The van der Waals surface area contributed by atoms with Crippen molar-refractivity contribution in [2.24, 2.45) is 5.92 Å². The van der Waals surface area contributed by atoms with Crippen LogP contribution in [0.1, 0.15) is 36.0 Å². The highest BCUT2D eigenvalue weighted by Crippen LogP contribution is 2.29. The van der Waals surface area contributed by atoms with E-state index in [0.29, 0.717) is 17.3 Å². The van der Waals surface area contributed by atoms with Gasteiger partial charge in [0, 0.05) is 11.4 Å². The van der Waals surface area contributed by atoms with Gasteiger partial charge < -0.3 is 10.4 Å². The molecule has 1 saturated carbocycles. The van der Waals surface area contributed by atoms with Gasteiger partial charge in [-0.05, 0) is 37.0 Å². The number of amides is 1. The minimum Gasteiger partial charge on any atom is -0.507 e. The van der Waals surface area contributed by atoms with Crippen molar-refractivity contribution in [1.29, 1.82) is 0 Å². The second kappa shape index (κ2) is 6.37. The van der Waals surface area contributed by atoms with Crippen LogP contribution in [0.2, 0.25) is 0 Å². The Labute approximate surface area is 120 Å². The van der Waals surface area contributed by atoms with E-state index in [4.69, 9.17) is 0 Å². The highest BCUT2D eigenvalue weighted by molar-refractivity contribution is 9.09. The zero-order valence-corrected chi connectivity index (χ0v) is 12.1. The molecular formula is C14H17BrFNO2. The summed E-state index contributed by atoms with van der Waals surface area (Å²) in [6.07, 6.45) is 4.58. The molecule has 1 fully saturated rings. The maximum Gasteiger partial charge on any atom is 0.255 e. The van der Waals surface area contributed by atoms with Gasteiger partial charge in [-0.25, -0.2) is 4.39 Å². The number of halogens is 2. The number of hydrogen-bond donors (Lipinski definition) is 2. The largest absolute Gasteiger partial charge is 0.507 e. The second-order valence-electron chi connectivity index (χ2n) is 4.93. The van der Waals surface area contributed by atoms with E-state index in [2.05, 4.69) is 21.2 Å². The van der Waals surface area contributed by atoms with Gasteiger partial charge in [-0.2, -0.15) is 0 Å². The zero-order valence-electron chi connectivity index (χ0n) is 10.5. The molecule has 3 nitrogen and oxygen atoms in total. The maximum atomic E-state index is 13.1. The molecule has 2 atom stereocenters. The average molecular weight is 330 g/mol. The van der Waals surface area contributed by atoms with Gasteiger partial charge >= 0.3 is 0 Å². The lowest BCUT2D eigenvalue weighted by molar-refractivity contribution is 0.0941. The first-order valence-corrected chi connectivity index (χ1v) is 7.40. The van der Waals surface area contributed by atoms with E-state index in [-0.39, 0.29) is 11.3 Å². The summed E-state index contributed by atoms with van der Waals surface area (Å²) in [6.45, 7) is 0.546. The van der Waals surface area contributed by atoms with Crippen LogP contribution in [0.25, 0.3) is 0 Å². The molecule has 0 spiro atoms. The van der Waals surface area contributed by atoms with E-state index in [1.165, 1.54) is 18.9 Å². The highest BCUT2D eigenvalue weighted by atomic mass is 79.9. The summed E-state index contributed by atoms with van der Waals surface area (Å²) in [4.78, 5) is 12.3. The van der Waals surface area contributed by atoms with Crippen LogP contribution in [0, 0.1) is 11.7 Å². The molecule has 0 radical (unpaired) electrons. The summed E-state index contributed by atoms with van der Waals surface area (Å²) < 4.78 is 13.1. The van der Waals surface area contributed by atoms with Gasteiger partial charge in [0.05, 0.1) is 5.56 Å². The summed E-state index contributed by atoms with van der Waals surface area (Å²) in [5, 5.41) is 12.3. The summed E-state index contributed by atoms with van der Waals surface area (Å²) in [5.74, 6) is -0.757. The third-order valence-corrected chi connectivity index (χ3v) is 4.75. The predicted molar refractivity (Wildman–Crippen MR) is 75.1 cm³/mol. The Morgan fingerprint density at radius 1 is 1.42 bits per heavy atom. The molecule has 2 rings (SSSR count). The highest BCUT2D eigenvalue weighted by Gasteiger charge is 2.23. The van der Waals surface area contributed by atoms with E-state index >= 15 is 0 Å². The molecule has 1 aliphatic rings. The normalized spacial score (nSPS) is 23.1.